The van der Waals surface area contributed by atoms with Crippen LogP contribution in [0.25, 0.3) is 10.4 Å². The molecule has 4 N–H and O–H groups in total. The van der Waals surface area contributed by atoms with Gasteiger partial charge in [0, 0.05) is 23.5 Å². The molecule has 3 aromatic rings. The molecule has 0 radical (unpaired) electrons. The lowest BCUT2D eigenvalue weighted by atomic mass is 9.96. The van der Waals surface area contributed by atoms with Gasteiger partial charge in [-0.05, 0) is 56.6 Å². The van der Waals surface area contributed by atoms with Crippen LogP contribution in [-0.4, -0.2) is 47.1 Å². The molecule has 2 heterocycles. The van der Waals surface area contributed by atoms with Crippen LogP contribution in [0.15, 0.2) is 42.5 Å². The van der Waals surface area contributed by atoms with Crippen molar-refractivity contribution >= 4 is 34.5 Å². The number of amides is 1. The largest absolute Gasteiger partial charge is 0.467 e. The molecule has 1 aromatic carbocycles. The van der Waals surface area contributed by atoms with E-state index >= 15 is 0 Å². The zero-order valence-electron chi connectivity index (χ0n) is 20.6. The standard InChI is InChI=1S/C26H31FN4O4S/c1-4-10-31(11-12-35-16-32)15-18-6-5-7-23(29-18)30-25-20(24(28)33)14-22(36-25)19-9-8-17(13-21(19)27)26(2,3)34/h5-9,13-14,16,34H,4,10-12,15H2,1-3H3,(H2,28,33)(H,29,30). The number of rotatable bonds is 13. The van der Waals surface area contributed by atoms with E-state index in [1.807, 2.05) is 12.1 Å². The van der Waals surface area contributed by atoms with Gasteiger partial charge in [0.1, 0.15) is 23.2 Å². The Balaban J connectivity index is 1.84. The van der Waals surface area contributed by atoms with Gasteiger partial charge in [-0.25, -0.2) is 9.37 Å². The third kappa shape index (κ3) is 7.09. The molecule has 8 nitrogen and oxygen atoms in total. The van der Waals surface area contributed by atoms with Crippen molar-refractivity contribution < 1.29 is 23.8 Å². The first-order valence-electron chi connectivity index (χ1n) is 11.6. The van der Waals surface area contributed by atoms with Gasteiger partial charge in [0.05, 0.1) is 16.9 Å². The number of ether oxygens (including phenoxy) is 1. The molecule has 1 amide bonds. The maximum Gasteiger partial charge on any atom is 0.293 e. The van der Waals surface area contributed by atoms with Crippen LogP contribution in [0.3, 0.4) is 0 Å². The number of primary amides is 1. The summed E-state index contributed by atoms with van der Waals surface area (Å²) in [7, 11) is 0. The molecule has 0 saturated carbocycles. The summed E-state index contributed by atoms with van der Waals surface area (Å²) in [5.41, 5.74) is 6.20. The lowest BCUT2D eigenvalue weighted by Crippen LogP contribution is -2.28. The van der Waals surface area contributed by atoms with Crippen LogP contribution in [0.5, 0.6) is 0 Å². The number of thiophene rings is 1. The first-order valence-corrected chi connectivity index (χ1v) is 12.4. The van der Waals surface area contributed by atoms with E-state index in [2.05, 4.69) is 22.1 Å². The molecule has 0 atom stereocenters. The highest BCUT2D eigenvalue weighted by molar-refractivity contribution is 7.19. The summed E-state index contributed by atoms with van der Waals surface area (Å²) in [5, 5.41) is 13.8. The molecule has 0 fully saturated rings. The summed E-state index contributed by atoms with van der Waals surface area (Å²) >= 11 is 1.19. The first-order chi connectivity index (χ1) is 17.1. The fraction of sp³-hybridized carbons (Fsp3) is 0.346. The minimum atomic E-state index is -1.18. The van der Waals surface area contributed by atoms with Gasteiger partial charge in [-0.3, -0.25) is 14.5 Å². The Morgan fingerprint density at radius 1 is 1.28 bits per heavy atom. The number of anilines is 2. The molecule has 0 spiro atoms. The summed E-state index contributed by atoms with van der Waals surface area (Å²) in [5.74, 6) is -0.635. The number of aliphatic hydroxyl groups is 1. The normalized spacial score (nSPS) is 11.5. The minimum absolute atomic E-state index is 0.229. The van der Waals surface area contributed by atoms with Gasteiger partial charge >= 0.3 is 0 Å². The molecule has 10 heteroatoms. The number of pyridine rings is 1. The van der Waals surface area contributed by atoms with Crippen LogP contribution < -0.4 is 11.1 Å². The third-order valence-electron chi connectivity index (χ3n) is 5.51. The number of nitrogens with zero attached hydrogens (tertiary/aromatic N) is 2. The smallest absolute Gasteiger partial charge is 0.293 e. The molecule has 0 saturated heterocycles. The van der Waals surface area contributed by atoms with E-state index in [0.717, 1.165) is 18.7 Å². The van der Waals surface area contributed by atoms with Crippen molar-refractivity contribution in [3.8, 4) is 10.4 Å². The van der Waals surface area contributed by atoms with Gasteiger partial charge < -0.3 is 20.9 Å². The highest BCUT2D eigenvalue weighted by atomic mass is 32.1. The van der Waals surface area contributed by atoms with Gasteiger partial charge in [-0.1, -0.05) is 25.1 Å². The van der Waals surface area contributed by atoms with Crippen LogP contribution in [0.4, 0.5) is 15.2 Å². The number of carbonyl (C=O) groups excluding carboxylic acids is 2. The summed E-state index contributed by atoms with van der Waals surface area (Å²) in [4.78, 5) is 29.9. The number of nitrogens with one attached hydrogen (secondary N) is 1. The molecule has 3 rings (SSSR count). The van der Waals surface area contributed by atoms with Gasteiger partial charge in [0.2, 0.25) is 0 Å². The van der Waals surface area contributed by atoms with Gasteiger partial charge in [-0.2, -0.15) is 0 Å². The number of carbonyl (C=O) groups is 2. The van der Waals surface area contributed by atoms with Crippen LogP contribution in [0.1, 0.15) is 48.8 Å². The highest BCUT2D eigenvalue weighted by Crippen LogP contribution is 2.38. The molecule has 192 valence electrons. The van der Waals surface area contributed by atoms with Crippen molar-refractivity contribution in [1.82, 2.24) is 9.88 Å². The van der Waals surface area contributed by atoms with Crippen molar-refractivity contribution in [3.63, 3.8) is 0 Å². The second-order valence-electron chi connectivity index (χ2n) is 8.85. The van der Waals surface area contributed by atoms with E-state index in [-0.39, 0.29) is 5.56 Å². The third-order valence-corrected chi connectivity index (χ3v) is 6.59. The average molecular weight is 515 g/mol. The van der Waals surface area contributed by atoms with Crippen LogP contribution >= 0.6 is 11.3 Å². The SMILES string of the molecule is CCCN(CCOC=O)Cc1cccc(Nc2sc(-c3ccc(C(C)(C)O)cc3F)cc2C(N)=O)n1. The van der Waals surface area contributed by atoms with Crippen molar-refractivity contribution in [1.29, 1.82) is 0 Å². The van der Waals surface area contributed by atoms with Gasteiger partial charge in [0.25, 0.3) is 12.4 Å². The monoisotopic (exact) mass is 514 g/mol. The molecule has 0 aliphatic rings. The van der Waals surface area contributed by atoms with Gasteiger partial charge in [-0.15, -0.1) is 11.3 Å². The molecular weight excluding hydrogens is 483 g/mol. The van der Waals surface area contributed by atoms with E-state index in [0.29, 0.717) is 53.0 Å². The van der Waals surface area contributed by atoms with Crippen molar-refractivity contribution in [2.24, 2.45) is 5.73 Å². The molecule has 2 aromatic heterocycles. The van der Waals surface area contributed by atoms with E-state index in [9.17, 15) is 19.1 Å². The zero-order chi connectivity index (χ0) is 26.3. The van der Waals surface area contributed by atoms with Crippen molar-refractivity contribution in [3.05, 3.63) is 65.1 Å². The predicted octanol–water partition coefficient (Wildman–Crippen LogP) is 4.40. The lowest BCUT2D eigenvalue weighted by Gasteiger charge is -2.20. The fourth-order valence-corrected chi connectivity index (χ4v) is 4.79. The number of aromatic nitrogens is 1. The topological polar surface area (TPSA) is 118 Å². The number of nitrogens with two attached hydrogens (primary N) is 1. The van der Waals surface area contributed by atoms with E-state index in [4.69, 9.17) is 10.5 Å². The summed E-state index contributed by atoms with van der Waals surface area (Å²) in [6, 6.07) is 11.6. The minimum Gasteiger partial charge on any atom is -0.467 e. The Kier molecular flexibility index (Phi) is 9.14. The number of benzene rings is 1. The van der Waals surface area contributed by atoms with Crippen LogP contribution in [-0.2, 0) is 21.7 Å². The number of hydrogen-bond acceptors (Lipinski definition) is 8. The average Bonchev–Trinajstić information content (AvgIpc) is 3.22. The van der Waals surface area contributed by atoms with E-state index in [1.54, 1.807) is 38.1 Å². The van der Waals surface area contributed by atoms with Crippen molar-refractivity contribution in [2.45, 2.75) is 39.3 Å². The highest BCUT2D eigenvalue weighted by Gasteiger charge is 2.21. The van der Waals surface area contributed by atoms with E-state index in [1.165, 1.54) is 17.4 Å². The van der Waals surface area contributed by atoms with E-state index < -0.39 is 17.3 Å². The fourth-order valence-electron chi connectivity index (χ4n) is 3.69. The first kappa shape index (κ1) is 27.3. The second-order valence-corrected chi connectivity index (χ2v) is 9.91. The second kappa shape index (κ2) is 12.1. The van der Waals surface area contributed by atoms with Crippen molar-refractivity contribution in [2.75, 3.05) is 25.0 Å². The predicted molar refractivity (Wildman–Crippen MR) is 139 cm³/mol. The Morgan fingerprint density at radius 3 is 2.69 bits per heavy atom. The maximum atomic E-state index is 14.9. The van der Waals surface area contributed by atoms with Gasteiger partial charge in [0.15, 0.2) is 0 Å². The number of halogens is 1. The zero-order valence-corrected chi connectivity index (χ0v) is 21.4. The molecule has 0 bridgehead atoms. The quantitative estimate of drug-likeness (QED) is 0.228. The Labute approximate surface area is 213 Å². The molecule has 0 aliphatic heterocycles. The summed E-state index contributed by atoms with van der Waals surface area (Å²) in [6.07, 6.45) is 0.937. The lowest BCUT2D eigenvalue weighted by molar-refractivity contribution is -0.129. The molecule has 36 heavy (non-hydrogen) atoms. The Bertz CT molecular complexity index is 1210. The van der Waals surface area contributed by atoms with Crippen LogP contribution in [0.2, 0.25) is 0 Å². The van der Waals surface area contributed by atoms with Crippen LogP contribution in [0, 0.1) is 5.82 Å². The Morgan fingerprint density at radius 2 is 2.06 bits per heavy atom. The molecular formula is C26H31FN4O4S. The molecule has 0 unspecified atom stereocenters. The number of hydrogen-bond donors (Lipinski definition) is 3. The summed E-state index contributed by atoms with van der Waals surface area (Å²) in [6.45, 7) is 7.94. The molecule has 0 aliphatic carbocycles. The maximum absolute atomic E-state index is 14.9. The Hall–Kier alpha value is -3.34. The summed E-state index contributed by atoms with van der Waals surface area (Å²) < 4.78 is 19.7.